The Hall–Kier alpha value is -0.130. The second-order valence-electron chi connectivity index (χ2n) is 6.79. The molecule has 1 saturated carbocycles. The minimum Gasteiger partial charge on any atom is -0.389 e. The average Bonchev–Trinajstić information content (AvgIpc) is 2.24. The topological polar surface area (TPSA) is 66.4 Å². The Labute approximate surface area is 117 Å². The van der Waals surface area contributed by atoms with Gasteiger partial charge in [0.2, 0.25) is 0 Å². The van der Waals surface area contributed by atoms with Gasteiger partial charge in [-0.3, -0.25) is 0 Å². The van der Waals surface area contributed by atoms with Gasteiger partial charge in [-0.25, -0.2) is 8.42 Å². The third kappa shape index (κ3) is 6.23. The van der Waals surface area contributed by atoms with E-state index in [-0.39, 0.29) is 11.3 Å². The molecule has 1 aliphatic carbocycles. The van der Waals surface area contributed by atoms with Crippen molar-refractivity contribution in [3.8, 4) is 0 Å². The van der Waals surface area contributed by atoms with Crippen LogP contribution in [0.2, 0.25) is 0 Å². The van der Waals surface area contributed by atoms with Crippen LogP contribution in [0.4, 0.5) is 0 Å². The smallest absolute Gasteiger partial charge is 0.150 e. The number of hydrogen-bond acceptors (Lipinski definition) is 4. The highest BCUT2D eigenvalue weighted by Gasteiger charge is 2.30. The predicted octanol–water partition coefficient (Wildman–Crippen LogP) is 1.73. The molecule has 114 valence electrons. The lowest BCUT2D eigenvalue weighted by Gasteiger charge is -2.32. The Bertz CT molecular complexity index is 376. The molecule has 0 bridgehead atoms. The van der Waals surface area contributed by atoms with E-state index in [1.54, 1.807) is 0 Å². The summed E-state index contributed by atoms with van der Waals surface area (Å²) in [5.41, 5.74) is -0.716. The standard InChI is InChI=1S/C14H29NO3S/c1-11(2)9-14(3,16)10-15-12-6-5-7-13(8-12)19(4,17)18/h11-13,15-16H,5-10H2,1-4H3. The summed E-state index contributed by atoms with van der Waals surface area (Å²) in [6.07, 6.45) is 5.48. The molecule has 0 aliphatic heterocycles. The summed E-state index contributed by atoms with van der Waals surface area (Å²) in [7, 11) is -2.93. The van der Waals surface area contributed by atoms with Crippen LogP contribution in [0.3, 0.4) is 0 Å². The van der Waals surface area contributed by atoms with Gasteiger partial charge >= 0.3 is 0 Å². The first kappa shape index (κ1) is 16.9. The quantitative estimate of drug-likeness (QED) is 0.782. The average molecular weight is 291 g/mol. The zero-order valence-electron chi connectivity index (χ0n) is 12.6. The van der Waals surface area contributed by atoms with Gasteiger partial charge in [-0.05, 0) is 38.5 Å². The van der Waals surface area contributed by atoms with Crippen molar-refractivity contribution in [2.75, 3.05) is 12.8 Å². The lowest BCUT2D eigenvalue weighted by Crippen LogP contribution is -2.46. The number of aliphatic hydroxyl groups is 1. The van der Waals surface area contributed by atoms with Crippen molar-refractivity contribution >= 4 is 9.84 Å². The van der Waals surface area contributed by atoms with Crippen LogP contribution in [0, 0.1) is 5.92 Å². The minimum atomic E-state index is -2.93. The van der Waals surface area contributed by atoms with Crippen molar-refractivity contribution in [2.45, 2.75) is 69.8 Å². The molecule has 19 heavy (non-hydrogen) atoms. The van der Waals surface area contributed by atoms with E-state index in [0.717, 1.165) is 25.7 Å². The molecule has 4 nitrogen and oxygen atoms in total. The van der Waals surface area contributed by atoms with Crippen LogP contribution in [0.15, 0.2) is 0 Å². The van der Waals surface area contributed by atoms with Crippen LogP contribution in [0.25, 0.3) is 0 Å². The highest BCUT2D eigenvalue weighted by atomic mass is 32.2. The summed E-state index contributed by atoms with van der Waals surface area (Å²) < 4.78 is 23.2. The highest BCUT2D eigenvalue weighted by Crippen LogP contribution is 2.24. The second kappa shape index (κ2) is 6.55. The van der Waals surface area contributed by atoms with E-state index in [1.165, 1.54) is 6.26 Å². The lowest BCUT2D eigenvalue weighted by molar-refractivity contribution is 0.0347. The Morgan fingerprint density at radius 2 is 2.00 bits per heavy atom. The Morgan fingerprint density at radius 1 is 1.37 bits per heavy atom. The molecule has 0 amide bonds. The number of nitrogens with one attached hydrogen (secondary N) is 1. The maximum absolute atomic E-state index is 11.6. The van der Waals surface area contributed by atoms with E-state index in [9.17, 15) is 13.5 Å². The molecule has 0 aromatic rings. The molecule has 1 aliphatic rings. The van der Waals surface area contributed by atoms with E-state index < -0.39 is 15.4 Å². The SMILES string of the molecule is CC(C)CC(C)(O)CNC1CCCC(S(C)(=O)=O)C1. The number of hydrogen-bond donors (Lipinski definition) is 2. The summed E-state index contributed by atoms with van der Waals surface area (Å²) in [6, 6.07) is 0.215. The predicted molar refractivity (Wildman–Crippen MR) is 79.0 cm³/mol. The van der Waals surface area contributed by atoms with Gasteiger partial charge in [0.1, 0.15) is 9.84 Å². The van der Waals surface area contributed by atoms with Crippen molar-refractivity contribution in [1.82, 2.24) is 5.32 Å². The van der Waals surface area contributed by atoms with Crippen molar-refractivity contribution in [3.63, 3.8) is 0 Å². The fourth-order valence-corrected chi connectivity index (χ4v) is 4.21. The minimum absolute atomic E-state index is 0.214. The summed E-state index contributed by atoms with van der Waals surface area (Å²) in [6.45, 7) is 6.56. The van der Waals surface area contributed by atoms with Crippen LogP contribution in [0.1, 0.15) is 52.9 Å². The third-order valence-electron chi connectivity index (χ3n) is 3.85. The molecule has 1 rings (SSSR count). The summed E-state index contributed by atoms with van der Waals surface area (Å²) in [5.74, 6) is 0.451. The van der Waals surface area contributed by atoms with Gasteiger partial charge < -0.3 is 10.4 Å². The monoisotopic (exact) mass is 291 g/mol. The molecule has 5 heteroatoms. The van der Waals surface area contributed by atoms with Crippen LogP contribution in [0.5, 0.6) is 0 Å². The maximum Gasteiger partial charge on any atom is 0.150 e. The molecule has 0 spiro atoms. The zero-order chi connectivity index (χ0) is 14.7. The first-order valence-corrected chi connectivity index (χ1v) is 9.20. The molecule has 2 N–H and O–H groups in total. The van der Waals surface area contributed by atoms with E-state index in [1.807, 2.05) is 6.92 Å². The van der Waals surface area contributed by atoms with Gasteiger partial charge in [-0.1, -0.05) is 20.3 Å². The third-order valence-corrected chi connectivity index (χ3v) is 5.49. The molecule has 0 saturated heterocycles. The van der Waals surface area contributed by atoms with E-state index >= 15 is 0 Å². The molecule has 3 unspecified atom stereocenters. The Kier molecular flexibility index (Phi) is 5.83. The van der Waals surface area contributed by atoms with Gasteiger partial charge in [0.15, 0.2) is 0 Å². The summed E-state index contributed by atoms with van der Waals surface area (Å²) >= 11 is 0. The molecule has 0 heterocycles. The van der Waals surface area contributed by atoms with Gasteiger partial charge in [0.05, 0.1) is 10.9 Å². The largest absolute Gasteiger partial charge is 0.389 e. The lowest BCUT2D eigenvalue weighted by atomic mass is 9.91. The normalized spacial score (nSPS) is 28.3. The maximum atomic E-state index is 11.6. The molecule has 1 fully saturated rings. The number of sulfone groups is 1. The van der Waals surface area contributed by atoms with E-state index in [2.05, 4.69) is 19.2 Å². The molecule has 3 atom stereocenters. The van der Waals surface area contributed by atoms with Crippen LogP contribution < -0.4 is 5.32 Å². The summed E-state index contributed by atoms with van der Waals surface area (Å²) in [4.78, 5) is 0. The van der Waals surface area contributed by atoms with Crippen molar-refractivity contribution < 1.29 is 13.5 Å². The summed E-state index contributed by atoms with van der Waals surface area (Å²) in [5, 5.41) is 13.4. The Balaban J connectivity index is 2.45. The van der Waals surface area contributed by atoms with Gasteiger partial charge in [0, 0.05) is 18.8 Å². The molecule has 0 aromatic heterocycles. The highest BCUT2D eigenvalue weighted by molar-refractivity contribution is 7.91. The van der Waals surface area contributed by atoms with Gasteiger partial charge in [0.25, 0.3) is 0 Å². The molecule has 0 radical (unpaired) electrons. The van der Waals surface area contributed by atoms with Gasteiger partial charge in [-0.15, -0.1) is 0 Å². The first-order chi connectivity index (χ1) is 8.60. The van der Waals surface area contributed by atoms with Crippen molar-refractivity contribution in [2.24, 2.45) is 5.92 Å². The van der Waals surface area contributed by atoms with Crippen LogP contribution >= 0.6 is 0 Å². The van der Waals surface area contributed by atoms with Crippen LogP contribution in [-0.2, 0) is 9.84 Å². The fraction of sp³-hybridized carbons (Fsp3) is 1.00. The zero-order valence-corrected chi connectivity index (χ0v) is 13.5. The van der Waals surface area contributed by atoms with Crippen molar-refractivity contribution in [1.29, 1.82) is 0 Å². The Morgan fingerprint density at radius 3 is 2.53 bits per heavy atom. The molecule has 0 aromatic carbocycles. The number of rotatable bonds is 6. The van der Waals surface area contributed by atoms with E-state index in [4.69, 9.17) is 0 Å². The van der Waals surface area contributed by atoms with Crippen LogP contribution in [-0.4, -0.2) is 43.2 Å². The van der Waals surface area contributed by atoms with E-state index in [0.29, 0.717) is 18.9 Å². The van der Waals surface area contributed by atoms with Gasteiger partial charge in [-0.2, -0.15) is 0 Å². The fourth-order valence-electron chi connectivity index (χ4n) is 3.04. The molecular weight excluding hydrogens is 262 g/mol. The molecular formula is C14H29NO3S. The van der Waals surface area contributed by atoms with Crippen molar-refractivity contribution in [3.05, 3.63) is 0 Å². The second-order valence-corrected chi connectivity index (χ2v) is 9.12. The first-order valence-electron chi connectivity index (χ1n) is 7.25.